The van der Waals surface area contributed by atoms with Crippen LogP contribution in [-0.2, 0) is 0 Å². The van der Waals surface area contributed by atoms with Crippen LogP contribution in [0.15, 0.2) is 30.5 Å². The van der Waals surface area contributed by atoms with Crippen molar-refractivity contribution in [3.8, 4) is 23.2 Å². The molecule has 0 aliphatic carbocycles. The average Bonchev–Trinajstić information content (AvgIpc) is 2.54. The third-order valence-corrected chi connectivity index (χ3v) is 4.31. The number of benzene rings is 1. The average molecular weight is 369 g/mol. The minimum atomic E-state index is -0.263. The molecule has 0 spiro atoms. The first-order chi connectivity index (χ1) is 11.1. The molecule has 8 heteroatoms. The molecule has 0 aliphatic rings. The summed E-state index contributed by atoms with van der Waals surface area (Å²) in [6, 6.07) is 7.10. The highest BCUT2D eigenvalue weighted by atomic mass is 35.5. The van der Waals surface area contributed by atoms with Gasteiger partial charge in [0.1, 0.15) is 0 Å². The van der Waals surface area contributed by atoms with E-state index in [0.717, 1.165) is 5.56 Å². The molecule has 1 aromatic carbocycles. The van der Waals surface area contributed by atoms with Gasteiger partial charge in [0.2, 0.25) is 5.88 Å². The SMILES string of the molecule is COc1ccc(-c2c(Cl)cc(NC(NC#N)SC)cc2Cl)cn1. The molecule has 1 atom stereocenters. The van der Waals surface area contributed by atoms with Gasteiger partial charge in [-0.1, -0.05) is 23.2 Å². The Balaban J connectivity index is 2.31. The number of rotatable bonds is 6. The summed E-state index contributed by atoms with van der Waals surface area (Å²) >= 11 is 14.2. The van der Waals surface area contributed by atoms with E-state index in [1.807, 2.05) is 18.5 Å². The van der Waals surface area contributed by atoms with Crippen molar-refractivity contribution in [1.82, 2.24) is 10.3 Å². The fraction of sp³-hybridized carbons (Fsp3) is 0.200. The zero-order valence-corrected chi connectivity index (χ0v) is 14.8. The fourth-order valence-electron chi connectivity index (χ4n) is 1.95. The van der Waals surface area contributed by atoms with E-state index >= 15 is 0 Å². The van der Waals surface area contributed by atoms with E-state index in [1.54, 1.807) is 31.5 Å². The van der Waals surface area contributed by atoms with Crippen LogP contribution >= 0.6 is 35.0 Å². The quantitative estimate of drug-likeness (QED) is 0.452. The number of hydrogen-bond acceptors (Lipinski definition) is 6. The predicted octanol–water partition coefficient (Wildman–Crippen LogP) is 4.19. The first kappa shape index (κ1) is 17.5. The van der Waals surface area contributed by atoms with Crippen LogP contribution in [0.1, 0.15) is 0 Å². The molecule has 0 amide bonds. The number of anilines is 1. The van der Waals surface area contributed by atoms with Gasteiger partial charge in [-0.15, -0.1) is 11.8 Å². The second kappa shape index (κ2) is 8.16. The van der Waals surface area contributed by atoms with E-state index in [9.17, 15) is 0 Å². The van der Waals surface area contributed by atoms with Crippen molar-refractivity contribution < 1.29 is 4.74 Å². The van der Waals surface area contributed by atoms with Crippen molar-refractivity contribution in [1.29, 1.82) is 5.26 Å². The molecule has 2 rings (SSSR count). The van der Waals surface area contributed by atoms with Gasteiger partial charge in [-0.3, -0.25) is 5.32 Å². The number of thioether (sulfide) groups is 1. The van der Waals surface area contributed by atoms with Gasteiger partial charge in [0, 0.05) is 29.1 Å². The Labute approximate surface area is 149 Å². The van der Waals surface area contributed by atoms with Gasteiger partial charge in [0.15, 0.2) is 11.7 Å². The summed E-state index contributed by atoms with van der Waals surface area (Å²) in [5.41, 5.74) is 1.94. The molecule has 5 nitrogen and oxygen atoms in total. The molecule has 0 saturated heterocycles. The van der Waals surface area contributed by atoms with Crippen molar-refractivity contribution in [2.75, 3.05) is 18.7 Å². The third kappa shape index (κ3) is 4.35. The molecule has 1 heterocycles. The maximum atomic E-state index is 8.71. The van der Waals surface area contributed by atoms with Crippen molar-refractivity contribution in [3.63, 3.8) is 0 Å². The number of hydrogen-bond donors (Lipinski definition) is 2. The van der Waals surface area contributed by atoms with Crippen LogP contribution < -0.4 is 15.4 Å². The lowest BCUT2D eigenvalue weighted by Crippen LogP contribution is -2.29. The summed E-state index contributed by atoms with van der Waals surface area (Å²) in [6.45, 7) is 0. The van der Waals surface area contributed by atoms with Gasteiger partial charge in [0.05, 0.1) is 17.2 Å². The molecule has 1 unspecified atom stereocenters. The van der Waals surface area contributed by atoms with Crippen LogP contribution in [0.4, 0.5) is 5.69 Å². The highest BCUT2D eigenvalue weighted by Gasteiger charge is 2.13. The summed E-state index contributed by atoms with van der Waals surface area (Å²) in [5.74, 6) is 0.518. The summed E-state index contributed by atoms with van der Waals surface area (Å²) in [7, 11) is 1.56. The van der Waals surface area contributed by atoms with E-state index in [-0.39, 0.29) is 5.50 Å². The lowest BCUT2D eigenvalue weighted by Gasteiger charge is -2.17. The summed E-state index contributed by atoms with van der Waals surface area (Å²) < 4.78 is 5.04. The number of methoxy groups -OCH3 is 1. The van der Waals surface area contributed by atoms with Crippen molar-refractivity contribution in [3.05, 3.63) is 40.5 Å². The lowest BCUT2D eigenvalue weighted by molar-refractivity contribution is 0.398. The largest absolute Gasteiger partial charge is 0.481 e. The minimum absolute atomic E-state index is 0.263. The third-order valence-electron chi connectivity index (χ3n) is 3.01. The molecule has 2 N–H and O–H groups in total. The topological polar surface area (TPSA) is 70.0 Å². The van der Waals surface area contributed by atoms with Crippen molar-refractivity contribution >= 4 is 40.7 Å². The van der Waals surface area contributed by atoms with Crippen LogP contribution in [0, 0.1) is 11.5 Å². The van der Waals surface area contributed by atoms with Crippen LogP contribution in [0.5, 0.6) is 5.88 Å². The molecule has 0 bridgehead atoms. The first-order valence-electron chi connectivity index (χ1n) is 6.52. The zero-order chi connectivity index (χ0) is 16.8. The van der Waals surface area contributed by atoms with Crippen molar-refractivity contribution in [2.45, 2.75) is 5.50 Å². The molecule has 1 aromatic heterocycles. The van der Waals surface area contributed by atoms with Gasteiger partial charge in [-0.25, -0.2) is 4.98 Å². The smallest absolute Gasteiger partial charge is 0.212 e. The number of ether oxygens (including phenoxy) is 1. The molecule has 120 valence electrons. The zero-order valence-electron chi connectivity index (χ0n) is 12.4. The number of halogens is 2. The Morgan fingerprint density at radius 1 is 1.30 bits per heavy atom. The second-order valence-electron chi connectivity index (χ2n) is 4.42. The predicted molar refractivity (Wildman–Crippen MR) is 95.9 cm³/mol. The molecule has 0 radical (unpaired) electrons. The molecule has 0 aliphatic heterocycles. The Morgan fingerprint density at radius 2 is 2.00 bits per heavy atom. The van der Waals surface area contributed by atoms with Crippen LogP contribution in [0.25, 0.3) is 11.1 Å². The molecule has 2 aromatic rings. The van der Waals surface area contributed by atoms with Gasteiger partial charge < -0.3 is 10.1 Å². The molecular weight excluding hydrogens is 355 g/mol. The minimum Gasteiger partial charge on any atom is -0.481 e. The van der Waals surface area contributed by atoms with E-state index in [0.29, 0.717) is 27.2 Å². The molecule has 23 heavy (non-hydrogen) atoms. The number of aromatic nitrogens is 1. The Hall–Kier alpha value is -1.81. The summed E-state index contributed by atoms with van der Waals surface area (Å²) in [6.07, 6.45) is 5.43. The van der Waals surface area contributed by atoms with Gasteiger partial charge in [0.25, 0.3) is 0 Å². The fourth-order valence-corrected chi connectivity index (χ4v) is 3.07. The number of nitrogens with zero attached hydrogens (tertiary/aromatic N) is 2. The van der Waals surface area contributed by atoms with Crippen LogP contribution in [0.3, 0.4) is 0 Å². The number of nitrogens with one attached hydrogen (secondary N) is 2. The Bertz CT molecular complexity index is 695. The molecule has 0 saturated carbocycles. The van der Waals surface area contributed by atoms with Crippen molar-refractivity contribution in [2.24, 2.45) is 0 Å². The first-order valence-corrected chi connectivity index (χ1v) is 8.56. The highest BCUT2D eigenvalue weighted by molar-refractivity contribution is 7.99. The van der Waals surface area contributed by atoms with E-state index in [2.05, 4.69) is 15.6 Å². The highest BCUT2D eigenvalue weighted by Crippen LogP contribution is 2.37. The number of pyridine rings is 1. The monoisotopic (exact) mass is 368 g/mol. The van der Waals surface area contributed by atoms with E-state index < -0.39 is 0 Å². The van der Waals surface area contributed by atoms with E-state index in [4.69, 9.17) is 33.2 Å². The maximum absolute atomic E-state index is 8.71. The van der Waals surface area contributed by atoms with Crippen LogP contribution in [-0.4, -0.2) is 23.8 Å². The van der Waals surface area contributed by atoms with Gasteiger partial charge in [-0.2, -0.15) is 5.26 Å². The molecular formula is C15H14Cl2N4OS. The lowest BCUT2D eigenvalue weighted by atomic mass is 10.1. The molecule has 0 fully saturated rings. The Kier molecular flexibility index (Phi) is 6.22. The van der Waals surface area contributed by atoms with Crippen LogP contribution in [0.2, 0.25) is 10.0 Å². The normalized spacial score (nSPS) is 11.4. The van der Waals surface area contributed by atoms with Gasteiger partial charge >= 0.3 is 0 Å². The second-order valence-corrected chi connectivity index (χ2v) is 6.18. The number of nitriles is 1. The maximum Gasteiger partial charge on any atom is 0.212 e. The van der Waals surface area contributed by atoms with Gasteiger partial charge in [-0.05, 0) is 24.5 Å². The summed E-state index contributed by atoms with van der Waals surface area (Å²) in [5, 5.41) is 15.4. The van der Waals surface area contributed by atoms with E-state index in [1.165, 1.54) is 11.8 Å². The standard InChI is InChI=1S/C15H14Cl2N4OS/c1-22-13-4-3-9(7-19-13)14-11(16)5-10(6-12(14)17)21-15(23-2)20-8-18/h3-7,15,20-21H,1-2H3. The Morgan fingerprint density at radius 3 is 2.48 bits per heavy atom. The summed E-state index contributed by atoms with van der Waals surface area (Å²) in [4.78, 5) is 4.16.